The number of hydrogen-bond acceptors (Lipinski definition) is 3. The SMILES string of the molecule is CC.CC[C@@H]1CC[C@@H](C)C[C@H]1C(=O)NC1=C=C(C(=O)OC)C1.[HH]. The lowest BCUT2D eigenvalue weighted by molar-refractivity contribution is -0.136. The van der Waals surface area contributed by atoms with Gasteiger partial charge in [-0.25, -0.2) is 4.79 Å². The Balaban J connectivity index is 0.00000155. The molecule has 0 radical (unpaired) electrons. The first kappa shape index (κ1) is 18.5. The van der Waals surface area contributed by atoms with Crippen molar-refractivity contribution >= 4 is 11.9 Å². The van der Waals surface area contributed by atoms with Crippen LogP contribution in [0, 0.1) is 17.8 Å². The van der Waals surface area contributed by atoms with Gasteiger partial charge in [-0.15, -0.1) is 0 Å². The minimum atomic E-state index is -0.360. The van der Waals surface area contributed by atoms with Gasteiger partial charge in [-0.2, -0.15) is 0 Å². The highest BCUT2D eigenvalue weighted by Gasteiger charge is 2.33. The number of hydrogen-bond donors (Lipinski definition) is 1. The molecule has 3 atom stereocenters. The maximum Gasteiger partial charge on any atom is 0.342 e. The lowest BCUT2D eigenvalue weighted by Gasteiger charge is -2.33. The smallest absolute Gasteiger partial charge is 0.342 e. The van der Waals surface area contributed by atoms with E-state index in [4.69, 9.17) is 0 Å². The average molecular weight is 309 g/mol. The Kier molecular flexibility index (Phi) is 7.40. The topological polar surface area (TPSA) is 55.4 Å². The van der Waals surface area contributed by atoms with Crippen molar-refractivity contribution in [3.05, 3.63) is 17.0 Å². The molecule has 1 fully saturated rings. The van der Waals surface area contributed by atoms with Gasteiger partial charge in [-0.05, 0) is 24.7 Å². The second kappa shape index (κ2) is 8.79. The monoisotopic (exact) mass is 309 g/mol. The molecule has 22 heavy (non-hydrogen) atoms. The van der Waals surface area contributed by atoms with E-state index in [1.165, 1.54) is 13.5 Å². The van der Waals surface area contributed by atoms with E-state index in [1.54, 1.807) is 0 Å². The van der Waals surface area contributed by atoms with Gasteiger partial charge >= 0.3 is 5.97 Å². The molecule has 2 aliphatic carbocycles. The molecule has 0 aromatic heterocycles. The zero-order valence-electron chi connectivity index (χ0n) is 14.5. The minimum absolute atomic E-state index is 0. The van der Waals surface area contributed by atoms with Gasteiger partial charge in [0.1, 0.15) is 0 Å². The summed E-state index contributed by atoms with van der Waals surface area (Å²) < 4.78 is 4.61. The van der Waals surface area contributed by atoms with Crippen molar-refractivity contribution in [1.82, 2.24) is 5.32 Å². The summed E-state index contributed by atoms with van der Waals surface area (Å²) in [6.45, 7) is 8.36. The standard InChI is InChI=1S/C16H23NO3.C2H6.H2/c1-4-11-6-5-10(2)7-14(11)15(18)17-13-8-12(9-13)16(19)20-3;1-2;/h10-11,14H,4-8H2,1-3H3,(H,17,18);1-2H3;1H/t10-,11-,14-;;/m1../s1. The summed E-state index contributed by atoms with van der Waals surface area (Å²) in [5, 5.41) is 2.92. The first-order valence-electron chi connectivity index (χ1n) is 8.43. The van der Waals surface area contributed by atoms with Crippen LogP contribution in [0.5, 0.6) is 0 Å². The Hall–Kier alpha value is -1.54. The lowest BCUT2D eigenvalue weighted by Crippen LogP contribution is -2.38. The summed E-state index contributed by atoms with van der Waals surface area (Å²) in [5.41, 5.74) is 4.09. The number of rotatable bonds is 4. The number of nitrogens with one attached hydrogen (secondary N) is 1. The number of esters is 1. The van der Waals surface area contributed by atoms with Gasteiger partial charge in [-0.3, -0.25) is 4.79 Å². The number of amides is 1. The fourth-order valence-corrected chi connectivity index (χ4v) is 3.16. The molecule has 4 heteroatoms. The van der Waals surface area contributed by atoms with Crippen molar-refractivity contribution in [2.45, 2.75) is 59.8 Å². The van der Waals surface area contributed by atoms with Crippen molar-refractivity contribution in [2.75, 3.05) is 7.11 Å². The average Bonchev–Trinajstić information content (AvgIpc) is 2.51. The van der Waals surface area contributed by atoms with Crippen LogP contribution in [0.3, 0.4) is 0 Å². The maximum absolute atomic E-state index is 12.4. The molecule has 0 aromatic carbocycles. The molecule has 0 bridgehead atoms. The zero-order valence-corrected chi connectivity index (χ0v) is 14.5. The molecule has 4 nitrogen and oxygen atoms in total. The van der Waals surface area contributed by atoms with Crippen LogP contribution in [-0.2, 0) is 14.3 Å². The molecule has 0 aliphatic heterocycles. The molecule has 0 heterocycles. The predicted octanol–water partition coefficient (Wildman–Crippen LogP) is 3.82. The number of carbonyl (C=O) groups excluding carboxylic acids is 2. The van der Waals surface area contributed by atoms with E-state index in [1.807, 2.05) is 13.8 Å². The molecule has 0 aromatic rings. The van der Waals surface area contributed by atoms with E-state index in [0.29, 0.717) is 29.5 Å². The molecular formula is C18H31NO3. The van der Waals surface area contributed by atoms with Gasteiger partial charge in [0, 0.05) is 13.8 Å². The molecular weight excluding hydrogens is 278 g/mol. The molecule has 1 N–H and O–H groups in total. The fraction of sp³-hybridized carbons (Fsp3) is 0.722. The first-order chi connectivity index (χ1) is 10.5. The summed E-state index contributed by atoms with van der Waals surface area (Å²) >= 11 is 0. The van der Waals surface area contributed by atoms with Crippen LogP contribution >= 0.6 is 0 Å². The third-order valence-corrected chi connectivity index (χ3v) is 4.48. The second-order valence-corrected chi connectivity index (χ2v) is 5.93. The number of carbonyl (C=O) groups is 2. The van der Waals surface area contributed by atoms with Gasteiger partial charge in [0.2, 0.25) is 5.91 Å². The van der Waals surface area contributed by atoms with E-state index in [2.05, 4.69) is 29.6 Å². The van der Waals surface area contributed by atoms with Gasteiger partial charge in [0.05, 0.1) is 18.4 Å². The fourth-order valence-electron chi connectivity index (χ4n) is 3.16. The van der Waals surface area contributed by atoms with E-state index in [-0.39, 0.29) is 19.2 Å². The normalized spacial score (nSPS) is 26.5. The third-order valence-electron chi connectivity index (χ3n) is 4.48. The van der Waals surface area contributed by atoms with E-state index in [9.17, 15) is 9.59 Å². The van der Waals surface area contributed by atoms with Crippen LogP contribution in [-0.4, -0.2) is 19.0 Å². The molecule has 2 aliphatic rings. The maximum atomic E-state index is 12.4. The first-order valence-corrected chi connectivity index (χ1v) is 8.43. The lowest BCUT2D eigenvalue weighted by atomic mass is 9.73. The van der Waals surface area contributed by atoms with Crippen LogP contribution in [0.2, 0.25) is 0 Å². The largest absolute Gasteiger partial charge is 0.465 e. The van der Waals surface area contributed by atoms with Crippen LogP contribution in [0.4, 0.5) is 0 Å². The summed E-state index contributed by atoms with van der Waals surface area (Å²) in [6, 6.07) is 0. The summed E-state index contributed by atoms with van der Waals surface area (Å²) in [5.74, 6) is 0.928. The second-order valence-electron chi connectivity index (χ2n) is 5.93. The van der Waals surface area contributed by atoms with Crippen molar-refractivity contribution in [3.8, 4) is 0 Å². The van der Waals surface area contributed by atoms with E-state index >= 15 is 0 Å². The van der Waals surface area contributed by atoms with Crippen molar-refractivity contribution in [2.24, 2.45) is 17.8 Å². The van der Waals surface area contributed by atoms with Gasteiger partial charge in [0.15, 0.2) is 0 Å². The van der Waals surface area contributed by atoms with Crippen molar-refractivity contribution in [3.63, 3.8) is 0 Å². The third kappa shape index (κ3) is 4.48. The van der Waals surface area contributed by atoms with Crippen LogP contribution in [0.1, 0.15) is 61.2 Å². The van der Waals surface area contributed by atoms with E-state index in [0.717, 1.165) is 19.3 Å². The minimum Gasteiger partial charge on any atom is -0.465 e. The molecule has 2 rings (SSSR count). The highest BCUT2D eigenvalue weighted by atomic mass is 16.5. The zero-order chi connectivity index (χ0) is 16.7. The Morgan fingerprint density at radius 1 is 1.36 bits per heavy atom. The summed E-state index contributed by atoms with van der Waals surface area (Å²) in [6.07, 6.45) is 4.82. The van der Waals surface area contributed by atoms with Crippen LogP contribution < -0.4 is 5.32 Å². The van der Waals surface area contributed by atoms with Gasteiger partial charge in [0.25, 0.3) is 0 Å². The van der Waals surface area contributed by atoms with Crippen molar-refractivity contribution < 1.29 is 15.8 Å². The summed E-state index contributed by atoms with van der Waals surface area (Å²) in [4.78, 5) is 23.6. The summed E-state index contributed by atoms with van der Waals surface area (Å²) in [7, 11) is 1.35. The van der Waals surface area contributed by atoms with E-state index < -0.39 is 0 Å². The molecule has 126 valence electrons. The predicted molar refractivity (Wildman–Crippen MR) is 89.1 cm³/mol. The Morgan fingerprint density at radius 2 is 2.00 bits per heavy atom. The Bertz CT molecular complexity index is 481. The highest BCUT2D eigenvalue weighted by molar-refractivity contribution is 5.91. The molecule has 0 spiro atoms. The Morgan fingerprint density at radius 3 is 2.55 bits per heavy atom. The van der Waals surface area contributed by atoms with Crippen molar-refractivity contribution in [1.29, 1.82) is 0 Å². The number of ether oxygens (including phenoxy) is 1. The molecule has 1 saturated carbocycles. The highest BCUT2D eigenvalue weighted by Crippen LogP contribution is 2.36. The molecule has 0 unspecified atom stereocenters. The number of methoxy groups -OCH3 is 1. The quantitative estimate of drug-likeness (QED) is 0.634. The Labute approximate surface area is 135 Å². The molecule has 0 saturated heterocycles. The molecule has 1 amide bonds. The van der Waals surface area contributed by atoms with Gasteiger partial charge < -0.3 is 10.1 Å². The van der Waals surface area contributed by atoms with Gasteiger partial charge in [-0.1, -0.05) is 46.3 Å². The van der Waals surface area contributed by atoms with Crippen LogP contribution in [0.25, 0.3) is 0 Å². The van der Waals surface area contributed by atoms with Crippen LogP contribution in [0.15, 0.2) is 17.0 Å².